The van der Waals surface area contributed by atoms with Gasteiger partial charge in [0, 0.05) is 23.7 Å². The first kappa shape index (κ1) is 19.7. The Morgan fingerprint density at radius 3 is 2.70 bits per heavy atom. The summed E-state index contributed by atoms with van der Waals surface area (Å²) in [5.41, 5.74) is 2.19. The molecule has 2 aromatic rings. The summed E-state index contributed by atoms with van der Waals surface area (Å²) in [6, 6.07) is 12.1. The lowest BCUT2D eigenvalue weighted by molar-refractivity contribution is 0.101. The van der Waals surface area contributed by atoms with Gasteiger partial charge >= 0.3 is 10.3 Å². The number of aliphatic hydroxyl groups is 1. The van der Waals surface area contributed by atoms with E-state index in [1.165, 1.54) is 11.9 Å². The quantitative estimate of drug-likeness (QED) is 0.612. The summed E-state index contributed by atoms with van der Waals surface area (Å²) in [5, 5.41) is 18.2. The van der Waals surface area contributed by atoms with Gasteiger partial charge < -0.3 is 10.4 Å². The molecule has 9 heteroatoms. The van der Waals surface area contributed by atoms with Crippen LogP contribution in [0, 0.1) is 5.92 Å². The summed E-state index contributed by atoms with van der Waals surface area (Å²) in [5.74, 6) is 0.401. The van der Waals surface area contributed by atoms with Gasteiger partial charge in [0.25, 0.3) is 0 Å². The van der Waals surface area contributed by atoms with E-state index in [9.17, 15) is 13.5 Å². The Morgan fingerprint density at radius 1 is 1.19 bits per heavy atom. The topological polar surface area (TPSA) is 127 Å². The zero-order valence-electron chi connectivity index (χ0n) is 14.9. The van der Waals surface area contributed by atoms with Crippen LogP contribution in [0.2, 0.25) is 0 Å². The summed E-state index contributed by atoms with van der Waals surface area (Å²) in [6.45, 7) is -0.121. The Bertz CT molecular complexity index is 847. The van der Waals surface area contributed by atoms with Gasteiger partial charge in [0.1, 0.15) is 12.1 Å². The zero-order valence-corrected chi connectivity index (χ0v) is 15.7. The Balaban J connectivity index is 1.53. The van der Waals surface area contributed by atoms with Crippen molar-refractivity contribution in [1.29, 1.82) is 0 Å². The van der Waals surface area contributed by atoms with Gasteiger partial charge in [-0.15, -0.1) is 0 Å². The minimum absolute atomic E-state index is 0.0223. The van der Waals surface area contributed by atoms with Gasteiger partial charge in [0.15, 0.2) is 0 Å². The number of aliphatic hydroxyl groups excluding tert-OH is 1. The number of hydrogen-bond donors (Lipinski definition) is 3. The standard InChI is InChI=1S/C18H24N4O4S/c19-27(24,25)26-11-14-8-16(9-17(14)23)22-18-10-15(20-12-21-18)7-6-13-4-2-1-3-5-13/h1-5,10,12,14,16-17,23H,6-9,11H2,(H2,19,24,25)(H,20,21,22)/t14-,16+,17-/m0/s1. The van der Waals surface area contributed by atoms with Crippen molar-refractivity contribution in [3.63, 3.8) is 0 Å². The van der Waals surface area contributed by atoms with Crippen LogP contribution in [0.25, 0.3) is 0 Å². The lowest BCUT2D eigenvalue weighted by Crippen LogP contribution is -2.24. The van der Waals surface area contributed by atoms with E-state index in [-0.39, 0.29) is 18.6 Å². The van der Waals surface area contributed by atoms with E-state index in [4.69, 9.17) is 5.14 Å². The van der Waals surface area contributed by atoms with E-state index in [2.05, 4.69) is 31.6 Å². The molecule has 1 aromatic heterocycles. The van der Waals surface area contributed by atoms with Crippen LogP contribution in [0.1, 0.15) is 24.1 Å². The molecule has 4 N–H and O–H groups in total. The molecule has 1 saturated carbocycles. The summed E-state index contributed by atoms with van der Waals surface area (Å²) in [6.07, 6.45) is 3.63. The average Bonchev–Trinajstić information content (AvgIpc) is 2.98. The maximum Gasteiger partial charge on any atom is 0.333 e. The van der Waals surface area contributed by atoms with Crippen molar-refractivity contribution in [2.24, 2.45) is 11.1 Å². The van der Waals surface area contributed by atoms with Crippen LogP contribution in [0.5, 0.6) is 0 Å². The normalized spacial score (nSPS) is 22.7. The van der Waals surface area contributed by atoms with Crippen LogP contribution in [-0.2, 0) is 27.3 Å². The molecule has 0 bridgehead atoms. The van der Waals surface area contributed by atoms with Gasteiger partial charge in [-0.2, -0.15) is 8.42 Å². The van der Waals surface area contributed by atoms with E-state index in [0.717, 1.165) is 18.5 Å². The lowest BCUT2D eigenvalue weighted by atomic mass is 10.1. The predicted octanol–water partition coefficient (Wildman–Crippen LogP) is 1.03. The van der Waals surface area contributed by atoms with Gasteiger partial charge in [-0.25, -0.2) is 15.1 Å². The first-order chi connectivity index (χ1) is 12.9. The molecule has 1 heterocycles. The smallest absolute Gasteiger partial charge is 0.333 e. The van der Waals surface area contributed by atoms with Crippen LogP contribution in [0.4, 0.5) is 5.82 Å². The molecule has 27 heavy (non-hydrogen) atoms. The summed E-state index contributed by atoms with van der Waals surface area (Å²) in [7, 11) is -4.00. The Labute approximate surface area is 159 Å². The molecule has 0 radical (unpaired) electrons. The van der Waals surface area contributed by atoms with Crippen LogP contribution in [0.3, 0.4) is 0 Å². The Morgan fingerprint density at radius 2 is 1.96 bits per heavy atom. The lowest BCUT2D eigenvalue weighted by Gasteiger charge is -2.14. The second kappa shape index (κ2) is 8.75. The first-order valence-corrected chi connectivity index (χ1v) is 10.3. The Hall–Kier alpha value is -2.07. The van der Waals surface area contributed by atoms with Crippen molar-refractivity contribution in [2.45, 2.75) is 37.8 Å². The number of anilines is 1. The molecule has 3 atom stereocenters. The maximum atomic E-state index is 10.9. The number of nitrogens with two attached hydrogens (primary N) is 1. The SMILES string of the molecule is NS(=O)(=O)OC[C@@H]1C[C@@H](Nc2cc(CCc3ccccc3)ncn2)C[C@@H]1O. The number of nitrogens with zero attached hydrogens (tertiary/aromatic N) is 2. The highest BCUT2D eigenvalue weighted by molar-refractivity contribution is 7.84. The summed E-state index contributed by atoms with van der Waals surface area (Å²) >= 11 is 0. The van der Waals surface area contributed by atoms with Crippen LogP contribution in [-0.4, -0.2) is 42.2 Å². The molecule has 1 aromatic carbocycles. The van der Waals surface area contributed by atoms with Crippen molar-refractivity contribution in [3.8, 4) is 0 Å². The van der Waals surface area contributed by atoms with E-state index >= 15 is 0 Å². The first-order valence-electron chi connectivity index (χ1n) is 8.85. The van der Waals surface area contributed by atoms with Crippen LogP contribution < -0.4 is 10.5 Å². The minimum atomic E-state index is -4.00. The average molecular weight is 392 g/mol. The molecule has 8 nitrogen and oxygen atoms in total. The second-order valence-electron chi connectivity index (χ2n) is 6.80. The summed E-state index contributed by atoms with van der Waals surface area (Å²) < 4.78 is 26.4. The van der Waals surface area contributed by atoms with E-state index < -0.39 is 16.4 Å². The van der Waals surface area contributed by atoms with E-state index in [0.29, 0.717) is 18.7 Å². The fourth-order valence-electron chi connectivity index (χ4n) is 3.32. The fraction of sp³-hybridized carbons (Fsp3) is 0.444. The van der Waals surface area contributed by atoms with Gasteiger partial charge in [0.2, 0.25) is 0 Å². The third-order valence-corrected chi connectivity index (χ3v) is 5.16. The van der Waals surface area contributed by atoms with Crippen LogP contribution in [0.15, 0.2) is 42.7 Å². The number of benzene rings is 1. The number of aromatic nitrogens is 2. The third kappa shape index (κ3) is 6.24. The van der Waals surface area contributed by atoms with E-state index in [1.54, 1.807) is 0 Å². The van der Waals surface area contributed by atoms with Crippen molar-refractivity contribution in [2.75, 3.05) is 11.9 Å². The fourth-order valence-corrected chi connectivity index (χ4v) is 3.69. The van der Waals surface area contributed by atoms with Crippen LogP contribution >= 0.6 is 0 Å². The number of hydrogen-bond acceptors (Lipinski definition) is 7. The van der Waals surface area contributed by atoms with Gasteiger partial charge in [0.05, 0.1) is 12.7 Å². The highest BCUT2D eigenvalue weighted by Crippen LogP contribution is 2.29. The molecule has 1 aliphatic rings. The molecule has 0 spiro atoms. The number of aryl methyl sites for hydroxylation is 2. The molecule has 1 aliphatic carbocycles. The molecule has 0 unspecified atom stereocenters. The van der Waals surface area contributed by atoms with Crippen molar-refractivity contribution >= 4 is 16.1 Å². The van der Waals surface area contributed by atoms with E-state index in [1.807, 2.05) is 24.3 Å². The molecule has 3 rings (SSSR count). The Kier molecular flexibility index (Phi) is 6.38. The molecule has 1 fully saturated rings. The second-order valence-corrected chi connectivity index (χ2v) is 8.02. The van der Waals surface area contributed by atoms with Crippen molar-refractivity contribution < 1.29 is 17.7 Å². The molecular formula is C18H24N4O4S. The third-order valence-electron chi connectivity index (χ3n) is 4.69. The van der Waals surface area contributed by atoms with Gasteiger partial charge in [-0.05, 0) is 31.2 Å². The number of rotatable bonds is 8. The van der Waals surface area contributed by atoms with Crippen molar-refractivity contribution in [3.05, 3.63) is 54.0 Å². The largest absolute Gasteiger partial charge is 0.393 e. The highest BCUT2D eigenvalue weighted by atomic mass is 32.2. The molecule has 0 amide bonds. The zero-order chi connectivity index (χ0) is 19.3. The molecule has 0 aliphatic heterocycles. The molecular weight excluding hydrogens is 368 g/mol. The maximum absolute atomic E-state index is 10.9. The molecule has 146 valence electrons. The molecule has 0 saturated heterocycles. The number of nitrogens with one attached hydrogen (secondary N) is 1. The van der Waals surface area contributed by atoms with Gasteiger partial charge in [-0.3, -0.25) is 4.18 Å². The monoisotopic (exact) mass is 392 g/mol. The van der Waals surface area contributed by atoms with Gasteiger partial charge in [-0.1, -0.05) is 30.3 Å². The van der Waals surface area contributed by atoms with Crippen molar-refractivity contribution in [1.82, 2.24) is 9.97 Å². The predicted molar refractivity (Wildman–Crippen MR) is 101 cm³/mol. The minimum Gasteiger partial charge on any atom is -0.393 e. The highest BCUT2D eigenvalue weighted by Gasteiger charge is 2.34. The summed E-state index contributed by atoms with van der Waals surface area (Å²) in [4.78, 5) is 8.56.